The van der Waals surface area contributed by atoms with Crippen molar-refractivity contribution in [3.05, 3.63) is 15.8 Å². The minimum absolute atomic E-state index is 0.158. The van der Waals surface area contributed by atoms with Crippen LogP contribution in [-0.2, 0) is 14.8 Å². The molecule has 1 aliphatic rings. The van der Waals surface area contributed by atoms with Gasteiger partial charge in [0.1, 0.15) is 0 Å². The lowest BCUT2D eigenvalue weighted by atomic mass is 10.1. The van der Waals surface area contributed by atoms with Crippen LogP contribution in [0.25, 0.3) is 0 Å². The summed E-state index contributed by atoms with van der Waals surface area (Å²) in [5.74, 6) is -0.816. The van der Waals surface area contributed by atoms with Crippen LogP contribution in [0.4, 0.5) is 0 Å². The average molecular weight is 303 g/mol. The van der Waals surface area contributed by atoms with Crippen LogP contribution in [0.3, 0.4) is 0 Å². The van der Waals surface area contributed by atoms with Gasteiger partial charge in [0.05, 0.1) is 11.3 Å². The summed E-state index contributed by atoms with van der Waals surface area (Å²) in [5.41, 5.74) is 0. The summed E-state index contributed by atoms with van der Waals surface area (Å²) in [7, 11) is -3.62. The normalized spacial score (nSPS) is 17.4. The number of carboxylic acid groups (broad SMARTS) is 1. The number of thiophene rings is 1. The molecule has 106 valence electrons. The molecule has 1 aromatic rings. The Hall–Kier alpha value is -0.920. The van der Waals surface area contributed by atoms with Crippen molar-refractivity contribution in [3.8, 4) is 0 Å². The van der Waals surface area contributed by atoms with Crippen LogP contribution in [0.5, 0.6) is 0 Å². The highest BCUT2D eigenvalue weighted by atomic mass is 32.2. The van der Waals surface area contributed by atoms with Crippen molar-refractivity contribution in [1.29, 1.82) is 0 Å². The molecule has 0 radical (unpaired) electrons. The third kappa shape index (κ3) is 3.55. The second-order valence-electron chi connectivity index (χ2n) is 4.94. The van der Waals surface area contributed by atoms with Crippen LogP contribution in [0, 0.1) is 19.8 Å². The first-order chi connectivity index (χ1) is 8.79. The van der Waals surface area contributed by atoms with E-state index in [1.165, 1.54) is 11.3 Å². The SMILES string of the molecule is Cc1cc(S(=O)(=O)NC(CC(=O)O)C2CC2)c(C)s1. The zero-order valence-corrected chi connectivity index (χ0v) is 12.5. The Kier molecular flexibility index (Phi) is 3.98. The lowest BCUT2D eigenvalue weighted by Crippen LogP contribution is -2.38. The molecular formula is C12H17NO4S2. The van der Waals surface area contributed by atoms with Gasteiger partial charge in [-0.05, 0) is 38.7 Å². The average Bonchev–Trinajstić information content (AvgIpc) is 3.02. The first-order valence-electron chi connectivity index (χ1n) is 6.11. The van der Waals surface area contributed by atoms with E-state index < -0.39 is 22.0 Å². The molecule has 7 heteroatoms. The fourth-order valence-electron chi connectivity index (χ4n) is 2.13. The van der Waals surface area contributed by atoms with E-state index in [1.807, 2.05) is 6.92 Å². The van der Waals surface area contributed by atoms with E-state index in [0.717, 1.165) is 22.6 Å². The molecule has 1 heterocycles. The van der Waals surface area contributed by atoms with E-state index in [1.54, 1.807) is 13.0 Å². The van der Waals surface area contributed by atoms with Crippen molar-refractivity contribution >= 4 is 27.3 Å². The number of aryl methyl sites for hydroxylation is 2. The van der Waals surface area contributed by atoms with Crippen LogP contribution in [-0.4, -0.2) is 25.5 Å². The van der Waals surface area contributed by atoms with Gasteiger partial charge in [-0.1, -0.05) is 0 Å². The van der Waals surface area contributed by atoms with Crippen LogP contribution in [0.1, 0.15) is 29.0 Å². The van der Waals surface area contributed by atoms with E-state index in [9.17, 15) is 13.2 Å². The van der Waals surface area contributed by atoms with Gasteiger partial charge in [0.2, 0.25) is 10.0 Å². The summed E-state index contributed by atoms with van der Waals surface area (Å²) >= 11 is 1.43. The first kappa shape index (κ1) is 14.5. The standard InChI is InChI=1S/C12H17NO4S2/c1-7-5-11(8(2)18-7)19(16,17)13-10(6-12(14)15)9-3-4-9/h5,9-10,13H,3-4,6H2,1-2H3,(H,14,15). The monoisotopic (exact) mass is 303 g/mol. The molecule has 0 aromatic carbocycles. The van der Waals surface area contributed by atoms with E-state index in [2.05, 4.69) is 4.72 Å². The highest BCUT2D eigenvalue weighted by molar-refractivity contribution is 7.89. The molecule has 0 spiro atoms. The molecule has 1 saturated carbocycles. The van der Waals surface area contributed by atoms with Gasteiger partial charge in [0.15, 0.2) is 0 Å². The van der Waals surface area contributed by atoms with Gasteiger partial charge < -0.3 is 5.11 Å². The summed E-state index contributed by atoms with van der Waals surface area (Å²) in [4.78, 5) is 12.7. The molecule has 1 unspecified atom stereocenters. The number of rotatable bonds is 6. The summed E-state index contributed by atoms with van der Waals surface area (Å²) in [6.07, 6.45) is 1.62. The fourth-order valence-corrected chi connectivity index (χ4v) is 4.99. The molecule has 0 bridgehead atoms. The van der Waals surface area contributed by atoms with E-state index in [0.29, 0.717) is 0 Å². The number of carbonyl (C=O) groups is 1. The number of hydrogen-bond acceptors (Lipinski definition) is 4. The predicted molar refractivity (Wildman–Crippen MR) is 72.9 cm³/mol. The van der Waals surface area contributed by atoms with Crippen molar-refractivity contribution in [1.82, 2.24) is 4.72 Å². The molecule has 19 heavy (non-hydrogen) atoms. The van der Waals surface area contributed by atoms with Crippen LogP contribution < -0.4 is 4.72 Å². The number of carboxylic acids is 1. The van der Waals surface area contributed by atoms with Gasteiger partial charge in [-0.15, -0.1) is 11.3 Å². The lowest BCUT2D eigenvalue weighted by Gasteiger charge is -2.16. The van der Waals surface area contributed by atoms with Gasteiger partial charge in [0.25, 0.3) is 0 Å². The molecule has 2 rings (SSSR count). The Balaban J connectivity index is 2.19. The molecule has 5 nitrogen and oxygen atoms in total. The Labute approximate surface area is 116 Å². The molecule has 1 atom stereocenters. The maximum absolute atomic E-state index is 12.3. The minimum Gasteiger partial charge on any atom is -0.481 e. The van der Waals surface area contributed by atoms with Crippen molar-refractivity contribution in [2.75, 3.05) is 0 Å². The maximum Gasteiger partial charge on any atom is 0.304 e. The third-order valence-electron chi connectivity index (χ3n) is 3.18. The number of nitrogens with one attached hydrogen (secondary N) is 1. The molecule has 1 aliphatic carbocycles. The van der Waals surface area contributed by atoms with Crippen molar-refractivity contribution < 1.29 is 18.3 Å². The number of aliphatic carboxylic acids is 1. The number of hydrogen-bond donors (Lipinski definition) is 2. The topological polar surface area (TPSA) is 83.5 Å². The smallest absolute Gasteiger partial charge is 0.304 e. The minimum atomic E-state index is -3.62. The van der Waals surface area contributed by atoms with Crippen LogP contribution >= 0.6 is 11.3 Å². The largest absolute Gasteiger partial charge is 0.481 e. The van der Waals surface area contributed by atoms with Crippen molar-refractivity contribution in [3.63, 3.8) is 0 Å². The molecule has 1 aromatic heterocycles. The lowest BCUT2D eigenvalue weighted by molar-refractivity contribution is -0.137. The van der Waals surface area contributed by atoms with Gasteiger partial charge in [-0.25, -0.2) is 13.1 Å². The van der Waals surface area contributed by atoms with Gasteiger partial charge in [-0.2, -0.15) is 0 Å². The molecule has 0 saturated heterocycles. The summed E-state index contributed by atoms with van der Waals surface area (Å²) < 4.78 is 27.1. The Morgan fingerprint density at radius 1 is 1.53 bits per heavy atom. The fraction of sp³-hybridized carbons (Fsp3) is 0.583. The van der Waals surface area contributed by atoms with Gasteiger partial charge in [-0.3, -0.25) is 4.79 Å². The second kappa shape index (κ2) is 5.22. The van der Waals surface area contributed by atoms with E-state index >= 15 is 0 Å². The first-order valence-corrected chi connectivity index (χ1v) is 8.40. The predicted octanol–water partition coefficient (Wildman–Crippen LogP) is 1.90. The zero-order valence-electron chi connectivity index (χ0n) is 10.8. The van der Waals surface area contributed by atoms with E-state index in [-0.39, 0.29) is 17.2 Å². The molecule has 0 aliphatic heterocycles. The highest BCUT2D eigenvalue weighted by Crippen LogP contribution is 2.35. The van der Waals surface area contributed by atoms with Gasteiger partial charge >= 0.3 is 5.97 Å². The summed E-state index contributed by atoms with van der Waals surface area (Å²) in [6.45, 7) is 3.61. The Bertz CT molecular complexity index is 587. The number of sulfonamides is 1. The van der Waals surface area contributed by atoms with Crippen molar-refractivity contribution in [2.24, 2.45) is 5.92 Å². The Morgan fingerprint density at radius 3 is 2.58 bits per heavy atom. The van der Waals surface area contributed by atoms with Crippen LogP contribution in [0.2, 0.25) is 0 Å². The molecule has 2 N–H and O–H groups in total. The van der Waals surface area contributed by atoms with Crippen LogP contribution in [0.15, 0.2) is 11.0 Å². The van der Waals surface area contributed by atoms with Gasteiger partial charge in [0, 0.05) is 15.8 Å². The maximum atomic E-state index is 12.3. The summed E-state index contributed by atoms with van der Waals surface area (Å²) in [6, 6.07) is 1.13. The summed E-state index contributed by atoms with van der Waals surface area (Å²) in [5, 5.41) is 8.85. The van der Waals surface area contributed by atoms with Crippen molar-refractivity contribution in [2.45, 2.75) is 44.0 Å². The molecule has 1 fully saturated rings. The Morgan fingerprint density at radius 2 is 2.16 bits per heavy atom. The highest BCUT2D eigenvalue weighted by Gasteiger charge is 2.36. The van der Waals surface area contributed by atoms with E-state index in [4.69, 9.17) is 5.11 Å². The molecular weight excluding hydrogens is 286 g/mol. The molecule has 0 amide bonds. The quantitative estimate of drug-likeness (QED) is 0.840. The zero-order chi connectivity index (χ0) is 14.2. The third-order valence-corrected chi connectivity index (χ3v) is 5.89. The second-order valence-corrected chi connectivity index (χ2v) is 8.08.